The van der Waals surface area contributed by atoms with Crippen molar-refractivity contribution in [3.63, 3.8) is 0 Å². The van der Waals surface area contributed by atoms with Crippen molar-refractivity contribution in [2.45, 2.75) is 32.7 Å². The van der Waals surface area contributed by atoms with Crippen molar-refractivity contribution in [3.05, 3.63) is 35.4 Å². The molecule has 0 bridgehead atoms. The molecular weight excluding hydrogens is 316 g/mol. The van der Waals surface area contributed by atoms with E-state index in [1.807, 2.05) is 0 Å². The Morgan fingerprint density at radius 3 is 2.58 bits per heavy atom. The largest absolute Gasteiger partial charge is 0.352 e. The van der Waals surface area contributed by atoms with E-state index in [1.165, 1.54) is 6.07 Å². The van der Waals surface area contributed by atoms with Crippen LogP contribution in [-0.4, -0.2) is 17.3 Å². The Morgan fingerprint density at radius 1 is 1.37 bits per heavy atom. The molecule has 5 heteroatoms. The number of alkyl halides is 1. The van der Waals surface area contributed by atoms with Gasteiger partial charge in [-0.25, -0.2) is 8.78 Å². The molecule has 0 saturated heterocycles. The third-order valence-electron chi connectivity index (χ3n) is 2.67. The van der Waals surface area contributed by atoms with E-state index in [0.29, 0.717) is 11.2 Å². The summed E-state index contributed by atoms with van der Waals surface area (Å²) in [7, 11) is 0. The van der Waals surface area contributed by atoms with Crippen LogP contribution in [0.15, 0.2) is 18.2 Å². The second-order valence-corrected chi connectivity index (χ2v) is 5.61. The van der Waals surface area contributed by atoms with Crippen molar-refractivity contribution in [3.8, 4) is 0 Å². The van der Waals surface area contributed by atoms with Crippen LogP contribution in [0.1, 0.15) is 25.8 Å². The summed E-state index contributed by atoms with van der Waals surface area (Å²) in [6.45, 7) is 4.14. The van der Waals surface area contributed by atoms with Gasteiger partial charge in [-0.05, 0) is 24.0 Å². The van der Waals surface area contributed by atoms with E-state index in [-0.39, 0.29) is 23.9 Å². The van der Waals surface area contributed by atoms with E-state index in [2.05, 4.69) is 35.1 Å². The highest BCUT2D eigenvalue weighted by Crippen LogP contribution is 2.11. The summed E-state index contributed by atoms with van der Waals surface area (Å²) < 4.78 is 26.2. The molecule has 1 aromatic rings. The minimum Gasteiger partial charge on any atom is -0.352 e. The Kier molecular flexibility index (Phi) is 6.42. The predicted octanol–water partition coefficient (Wildman–Crippen LogP) is 3.43. The molecule has 19 heavy (non-hydrogen) atoms. The summed E-state index contributed by atoms with van der Waals surface area (Å²) in [5.41, 5.74) is 0.205. The zero-order valence-corrected chi connectivity index (χ0v) is 12.6. The Hall–Kier alpha value is -0.970. The fourth-order valence-corrected chi connectivity index (χ4v) is 2.27. The zero-order valence-electron chi connectivity index (χ0n) is 11.1. The quantitative estimate of drug-likeness (QED) is 0.794. The Balaban J connectivity index is 2.59. The topological polar surface area (TPSA) is 29.1 Å². The predicted molar refractivity (Wildman–Crippen MR) is 75.2 cm³/mol. The number of rotatable bonds is 6. The molecule has 1 rings (SSSR count). The van der Waals surface area contributed by atoms with Gasteiger partial charge in [0.15, 0.2) is 0 Å². The molecule has 0 heterocycles. The summed E-state index contributed by atoms with van der Waals surface area (Å²) in [5, 5.41) is 3.50. The van der Waals surface area contributed by atoms with E-state index < -0.39 is 11.6 Å². The van der Waals surface area contributed by atoms with Crippen molar-refractivity contribution in [2.75, 3.05) is 5.33 Å². The maximum atomic E-state index is 13.4. The van der Waals surface area contributed by atoms with Crippen LogP contribution in [0.2, 0.25) is 0 Å². The van der Waals surface area contributed by atoms with Gasteiger partial charge in [0.25, 0.3) is 0 Å². The van der Waals surface area contributed by atoms with Crippen molar-refractivity contribution in [1.82, 2.24) is 5.32 Å². The van der Waals surface area contributed by atoms with E-state index in [0.717, 1.165) is 18.6 Å². The highest BCUT2D eigenvalue weighted by Gasteiger charge is 2.14. The minimum atomic E-state index is -0.686. The second kappa shape index (κ2) is 7.58. The molecular formula is C14H18BrF2NO. The number of hydrogen-bond donors (Lipinski definition) is 1. The molecule has 2 nitrogen and oxygen atoms in total. The fourth-order valence-electron chi connectivity index (χ4n) is 1.85. The van der Waals surface area contributed by atoms with Crippen LogP contribution in [-0.2, 0) is 11.2 Å². The van der Waals surface area contributed by atoms with Gasteiger partial charge >= 0.3 is 0 Å². The van der Waals surface area contributed by atoms with Gasteiger partial charge in [-0.1, -0.05) is 35.8 Å². The minimum absolute atomic E-state index is 0.0241. The van der Waals surface area contributed by atoms with Crippen LogP contribution < -0.4 is 5.32 Å². The Labute approximate surface area is 120 Å². The van der Waals surface area contributed by atoms with Gasteiger partial charge in [-0.3, -0.25) is 4.79 Å². The average molecular weight is 334 g/mol. The normalized spacial score (nSPS) is 12.5. The number of benzene rings is 1. The number of amides is 1. The molecule has 0 aliphatic carbocycles. The standard InChI is InChI=1S/C14H18BrF2NO/c1-9(2)5-12(8-15)18-14(19)6-10-3-4-11(16)7-13(10)17/h3-4,7,9,12H,5-6,8H2,1-2H3,(H,18,19). The van der Waals surface area contributed by atoms with Crippen LogP contribution in [0.5, 0.6) is 0 Å². The first-order valence-electron chi connectivity index (χ1n) is 6.21. The smallest absolute Gasteiger partial charge is 0.224 e. The molecule has 0 aliphatic heterocycles. The number of halogens is 3. The first kappa shape index (κ1) is 16.1. The van der Waals surface area contributed by atoms with Crippen molar-refractivity contribution < 1.29 is 13.6 Å². The maximum Gasteiger partial charge on any atom is 0.224 e. The van der Waals surface area contributed by atoms with Crippen LogP contribution in [0.4, 0.5) is 8.78 Å². The average Bonchev–Trinajstić information content (AvgIpc) is 2.31. The zero-order chi connectivity index (χ0) is 14.4. The van der Waals surface area contributed by atoms with E-state index in [9.17, 15) is 13.6 Å². The Morgan fingerprint density at radius 2 is 2.05 bits per heavy atom. The lowest BCUT2D eigenvalue weighted by molar-refractivity contribution is -0.121. The fraction of sp³-hybridized carbons (Fsp3) is 0.500. The molecule has 1 amide bonds. The van der Waals surface area contributed by atoms with Gasteiger partial charge in [-0.2, -0.15) is 0 Å². The first-order chi connectivity index (χ1) is 8.92. The summed E-state index contributed by atoms with van der Waals surface area (Å²) in [6, 6.07) is 3.27. The lowest BCUT2D eigenvalue weighted by Crippen LogP contribution is -2.38. The number of carbonyl (C=O) groups is 1. The van der Waals surface area contributed by atoms with E-state index >= 15 is 0 Å². The highest BCUT2D eigenvalue weighted by atomic mass is 79.9. The molecule has 0 radical (unpaired) electrons. The molecule has 0 spiro atoms. The molecule has 0 saturated carbocycles. The van der Waals surface area contributed by atoms with Crippen LogP contribution >= 0.6 is 15.9 Å². The van der Waals surface area contributed by atoms with Crippen molar-refractivity contribution in [2.24, 2.45) is 5.92 Å². The molecule has 1 N–H and O–H groups in total. The van der Waals surface area contributed by atoms with Gasteiger partial charge in [0.1, 0.15) is 11.6 Å². The molecule has 0 aromatic heterocycles. The summed E-state index contributed by atoms with van der Waals surface area (Å²) in [4.78, 5) is 11.8. The molecule has 0 fully saturated rings. The second-order valence-electron chi connectivity index (χ2n) is 4.96. The van der Waals surface area contributed by atoms with E-state index in [1.54, 1.807) is 0 Å². The van der Waals surface area contributed by atoms with Gasteiger partial charge < -0.3 is 5.32 Å². The van der Waals surface area contributed by atoms with Gasteiger partial charge in [0.2, 0.25) is 5.91 Å². The summed E-state index contributed by atoms with van der Waals surface area (Å²) in [5.74, 6) is -1.12. The highest BCUT2D eigenvalue weighted by molar-refractivity contribution is 9.09. The molecule has 106 valence electrons. The monoisotopic (exact) mass is 333 g/mol. The van der Waals surface area contributed by atoms with E-state index in [4.69, 9.17) is 0 Å². The van der Waals surface area contributed by atoms with Gasteiger partial charge in [0, 0.05) is 17.4 Å². The maximum absolute atomic E-state index is 13.4. The van der Waals surface area contributed by atoms with Gasteiger partial charge in [-0.15, -0.1) is 0 Å². The van der Waals surface area contributed by atoms with Crippen molar-refractivity contribution in [1.29, 1.82) is 0 Å². The lowest BCUT2D eigenvalue weighted by Gasteiger charge is -2.18. The number of nitrogens with one attached hydrogen (secondary N) is 1. The first-order valence-corrected chi connectivity index (χ1v) is 7.33. The van der Waals surface area contributed by atoms with Crippen LogP contribution in [0.3, 0.4) is 0 Å². The summed E-state index contributed by atoms with van der Waals surface area (Å²) >= 11 is 3.34. The third kappa shape index (κ3) is 5.68. The molecule has 1 aromatic carbocycles. The van der Waals surface area contributed by atoms with Gasteiger partial charge in [0.05, 0.1) is 6.42 Å². The SMILES string of the molecule is CC(C)CC(CBr)NC(=O)Cc1ccc(F)cc1F. The van der Waals surface area contributed by atoms with Crippen molar-refractivity contribution >= 4 is 21.8 Å². The van der Waals surface area contributed by atoms with Crippen LogP contribution in [0, 0.1) is 17.6 Å². The Bertz CT molecular complexity index is 437. The molecule has 1 unspecified atom stereocenters. The lowest BCUT2D eigenvalue weighted by atomic mass is 10.0. The molecule has 1 atom stereocenters. The number of carbonyl (C=O) groups excluding carboxylic acids is 1. The number of hydrogen-bond acceptors (Lipinski definition) is 1. The third-order valence-corrected chi connectivity index (χ3v) is 3.45. The molecule has 0 aliphatic rings. The van der Waals surface area contributed by atoms with Crippen LogP contribution in [0.25, 0.3) is 0 Å². The summed E-state index contributed by atoms with van der Waals surface area (Å²) in [6.07, 6.45) is 0.774.